The highest BCUT2D eigenvalue weighted by atomic mass is 32.1. The summed E-state index contributed by atoms with van der Waals surface area (Å²) in [6, 6.07) is 5.96. The third kappa shape index (κ3) is 3.23. The molecule has 3 rings (SSSR count). The fraction of sp³-hybridized carbons (Fsp3) is 0.333. The molecule has 4 nitrogen and oxygen atoms in total. The number of nitrogen functional groups attached to an aromatic ring is 1. The maximum Gasteiger partial charge on any atom is 0.180 e. The monoisotopic (exact) mass is 286 g/mol. The van der Waals surface area contributed by atoms with Crippen molar-refractivity contribution in [1.82, 2.24) is 14.9 Å². The van der Waals surface area contributed by atoms with Crippen LogP contribution in [0, 0.1) is 0 Å². The first kappa shape index (κ1) is 13.3. The molecular weight excluding hydrogens is 268 g/mol. The van der Waals surface area contributed by atoms with Gasteiger partial charge in [-0.15, -0.1) is 11.3 Å². The molecule has 0 atom stereocenters. The molecule has 0 amide bonds. The van der Waals surface area contributed by atoms with E-state index in [-0.39, 0.29) is 0 Å². The lowest BCUT2D eigenvalue weighted by Crippen LogP contribution is -2.26. The summed E-state index contributed by atoms with van der Waals surface area (Å²) in [6.07, 6.45) is 8.14. The van der Waals surface area contributed by atoms with Gasteiger partial charge in [0.1, 0.15) is 0 Å². The molecule has 2 N–H and O–H groups in total. The maximum atomic E-state index is 5.76. The standard InChI is InChI=1S/C15H18N4S/c16-15-18-13-6-10-19(11-7-14(13)20-15)9-3-5-12-4-1-2-8-17-12/h1-5,8H,6-7,9-11H2,(H2,16,18). The first-order chi connectivity index (χ1) is 9.81. The van der Waals surface area contributed by atoms with Crippen molar-refractivity contribution in [1.29, 1.82) is 0 Å². The lowest BCUT2D eigenvalue weighted by Gasteiger charge is -2.17. The van der Waals surface area contributed by atoms with Gasteiger partial charge in [-0.25, -0.2) is 4.98 Å². The van der Waals surface area contributed by atoms with Gasteiger partial charge >= 0.3 is 0 Å². The highest BCUT2D eigenvalue weighted by molar-refractivity contribution is 7.15. The topological polar surface area (TPSA) is 55.0 Å². The highest BCUT2D eigenvalue weighted by Crippen LogP contribution is 2.24. The molecule has 104 valence electrons. The van der Waals surface area contributed by atoms with E-state index in [2.05, 4.69) is 27.0 Å². The van der Waals surface area contributed by atoms with Crippen LogP contribution in [0.1, 0.15) is 16.3 Å². The van der Waals surface area contributed by atoms with Gasteiger partial charge in [0.05, 0.1) is 11.4 Å². The molecule has 0 unspecified atom stereocenters. The Kier molecular flexibility index (Phi) is 4.08. The number of hydrogen-bond acceptors (Lipinski definition) is 5. The lowest BCUT2D eigenvalue weighted by atomic mass is 10.2. The van der Waals surface area contributed by atoms with Gasteiger partial charge in [0.2, 0.25) is 0 Å². The SMILES string of the molecule is Nc1nc2c(s1)CCN(CC=Cc1ccccn1)CC2. The van der Waals surface area contributed by atoms with E-state index in [1.54, 1.807) is 11.3 Å². The van der Waals surface area contributed by atoms with Crippen molar-refractivity contribution in [2.45, 2.75) is 12.8 Å². The average Bonchev–Trinajstić information content (AvgIpc) is 2.72. The van der Waals surface area contributed by atoms with Gasteiger partial charge < -0.3 is 5.73 Å². The number of aromatic nitrogens is 2. The molecule has 0 bridgehead atoms. The zero-order valence-corrected chi connectivity index (χ0v) is 12.1. The summed E-state index contributed by atoms with van der Waals surface area (Å²) in [5, 5.41) is 0.707. The Hall–Kier alpha value is -1.72. The molecule has 2 aromatic rings. The minimum atomic E-state index is 0.707. The minimum absolute atomic E-state index is 0.707. The highest BCUT2D eigenvalue weighted by Gasteiger charge is 2.16. The second-order valence-corrected chi connectivity index (χ2v) is 5.99. The van der Waals surface area contributed by atoms with E-state index in [1.807, 2.05) is 24.4 Å². The van der Waals surface area contributed by atoms with Gasteiger partial charge in [0.15, 0.2) is 5.13 Å². The van der Waals surface area contributed by atoms with Crippen molar-refractivity contribution < 1.29 is 0 Å². The molecule has 2 aromatic heterocycles. The van der Waals surface area contributed by atoms with Crippen LogP contribution in [0.5, 0.6) is 0 Å². The number of pyridine rings is 1. The number of rotatable bonds is 3. The Balaban J connectivity index is 1.55. The number of anilines is 1. The van der Waals surface area contributed by atoms with Gasteiger partial charge in [-0.1, -0.05) is 12.1 Å². The predicted octanol–water partition coefficient (Wildman–Crippen LogP) is 2.23. The van der Waals surface area contributed by atoms with Gasteiger partial charge in [-0.2, -0.15) is 0 Å². The Labute approximate surface area is 123 Å². The van der Waals surface area contributed by atoms with Crippen LogP contribution >= 0.6 is 11.3 Å². The first-order valence-electron chi connectivity index (χ1n) is 6.85. The summed E-state index contributed by atoms with van der Waals surface area (Å²) < 4.78 is 0. The van der Waals surface area contributed by atoms with Crippen molar-refractivity contribution in [2.75, 3.05) is 25.4 Å². The van der Waals surface area contributed by atoms with Gasteiger partial charge in [0.25, 0.3) is 0 Å². The fourth-order valence-electron chi connectivity index (χ4n) is 2.41. The predicted molar refractivity (Wildman–Crippen MR) is 83.6 cm³/mol. The van der Waals surface area contributed by atoms with Crippen LogP contribution in [-0.2, 0) is 12.8 Å². The third-order valence-corrected chi connectivity index (χ3v) is 4.44. The number of thiazole rings is 1. The largest absolute Gasteiger partial charge is 0.375 e. The van der Waals surface area contributed by atoms with E-state index in [9.17, 15) is 0 Å². The Morgan fingerprint density at radius 3 is 3.05 bits per heavy atom. The number of nitrogens with two attached hydrogens (primary N) is 1. The molecule has 0 aliphatic carbocycles. The van der Waals surface area contributed by atoms with E-state index in [0.29, 0.717) is 5.13 Å². The second-order valence-electron chi connectivity index (χ2n) is 4.88. The molecule has 3 heterocycles. The van der Waals surface area contributed by atoms with E-state index in [0.717, 1.165) is 38.2 Å². The normalized spacial score (nSPS) is 16.2. The number of hydrogen-bond donors (Lipinski definition) is 1. The van der Waals surface area contributed by atoms with Crippen LogP contribution in [0.25, 0.3) is 6.08 Å². The summed E-state index contributed by atoms with van der Waals surface area (Å²) in [7, 11) is 0. The van der Waals surface area contributed by atoms with Crippen LogP contribution in [0.2, 0.25) is 0 Å². The summed E-state index contributed by atoms with van der Waals surface area (Å²) in [6.45, 7) is 3.07. The number of fused-ring (bicyclic) bond motifs is 1. The smallest absolute Gasteiger partial charge is 0.180 e. The van der Waals surface area contributed by atoms with Crippen molar-refractivity contribution in [2.24, 2.45) is 0 Å². The van der Waals surface area contributed by atoms with E-state index >= 15 is 0 Å². The zero-order chi connectivity index (χ0) is 13.8. The van der Waals surface area contributed by atoms with E-state index in [4.69, 9.17) is 5.73 Å². The number of nitrogens with zero attached hydrogens (tertiary/aromatic N) is 3. The minimum Gasteiger partial charge on any atom is -0.375 e. The van der Waals surface area contributed by atoms with Crippen LogP contribution in [0.15, 0.2) is 30.5 Å². The molecule has 0 fully saturated rings. The van der Waals surface area contributed by atoms with E-state index < -0.39 is 0 Å². The molecular formula is C15H18N4S. The Morgan fingerprint density at radius 2 is 2.20 bits per heavy atom. The van der Waals surface area contributed by atoms with E-state index in [1.165, 1.54) is 10.6 Å². The van der Waals surface area contributed by atoms with Gasteiger partial charge in [-0.3, -0.25) is 9.88 Å². The summed E-state index contributed by atoms with van der Waals surface area (Å²) in [5.41, 5.74) is 7.97. The van der Waals surface area contributed by atoms with Crippen molar-refractivity contribution in [3.05, 3.63) is 46.7 Å². The Morgan fingerprint density at radius 1 is 1.30 bits per heavy atom. The van der Waals surface area contributed by atoms with Crippen LogP contribution in [-0.4, -0.2) is 34.5 Å². The second kappa shape index (κ2) is 6.15. The molecule has 1 aliphatic heterocycles. The lowest BCUT2D eigenvalue weighted by molar-refractivity contribution is 0.318. The molecule has 20 heavy (non-hydrogen) atoms. The van der Waals surface area contributed by atoms with Gasteiger partial charge in [-0.05, 0) is 24.6 Å². The quantitative estimate of drug-likeness (QED) is 0.940. The molecule has 0 radical (unpaired) electrons. The molecule has 0 saturated heterocycles. The van der Waals surface area contributed by atoms with Gasteiger partial charge in [0, 0.05) is 37.1 Å². The Bertz CT molecular complexity index is 566. The zero-order valence-electron chi connectivity index (χ0n) is 11.3. The van der Waals surface area contributed by atoms with Crippen LogP contribution < -0.4 is 5.73 Å². The average molecular weight is 286 g/mol. The molecule has 0 spiro atoms. The van der Waals surface area contributed by atoms with Crippen molar-refractivity contribution in [3.63, 3.8) is 0 Å². The maximum absolute atomic E-state index is 5.76. The summed E-state index contributed by atoms with van der Waals surface area (Å²) in [4.78, 5) is 12.5. The molecule has 0 saturated carbocycles. The third-order valence-electron chi connectivity index (χ3n) is 3.45. The van der Waals surface area contributed by atoms with Crippen LogP contribution in [0.4, 0.5) is 5.13 Å². The summed E-state index contributed by atoms with van der Waals surface area (Å²) >= 11 is 1.64. The summed E-state index contributed by atoms with van der Waals surface area (Å²) in [5.74, 6) is 0. The van der Waals surface area contributed by atoms with Crippen molar-refractivity contribution >= 4 is 22.5 Å². The fourth-order valence-corrected chi connectivity index (χ4v) is 3.28. The molecule has 5 heteroatoms. The first-order valence-corrected chi connectivity index (χ1v) is 7.67. The molecule has 1 aliphatic rings. The van der Waals surface area contributed by atoms with Crippen molar-refractivity contribution in [3.8, 4) is 0 Å². The molecule has 0 aromatic carbocycles. The van der Waals surface area contributed by atoms with Crippen LogP contribution in [0.3, 0.4) is 0 Å².